The van der Waals surface area contributed by atoms with E-state index in [9.17, 15) is 4.79 Å². The van der Waals surface area contributed by atoms with E-state index in [0.29, 0.717) is 28.2 Å². The summed E-state index contributed by atoms with van der Waals surface area (Å²) in [7, 11) is 4.76. The van der Waals surface area contributed by atoms with Gasteiger partial charge in [-0.15, -0.1) is 5.10 Å². The third-order valence-corrected chi connectivity index (χ3v) is 4.68. The summed E-state index contributed by atoms with van der Waals surface area (Å²) in [4.78, 5) is 16.6. The van der Waals surface area contributed by atoms with Crippen LogP contribution in [0.1, 0.15) is 0 Å². The van der Waals surface area contributed by atoms with Crippen molar-refractivity contribution in [1.82, 2.24) is 15.2 Å². The molecule has 0 saturated carbocycles. The second kappa shape index (κ2) is 9.14. The van der Waals surface area contributed by atoms with Crippen LogP contribution in [0.25, 0.3) is 11.4 Å². The molecule has 0 fully saturated rings. The van der Waals surface area contributed by atoms with Crippen LogP contribution >= 0.6 is 11.8 Å². The molecule has 0 atom stereocenters. The summed E-state index contributed by atoms with van der Waals surface area (Å²) in [5.41, 5.74) is 1.45. The van der Waals surface area contributed by atoms with Gasteiger partial charge in [-0.1, -0.05) is 11.8 Å². The van der Waals surface area contributed by atoms with Gasteiger partial charge in [0, 0.05) is 11.8 Å². The zero-order valence-electron chi connectivity index (χ0n) is 15.7. The Hall–Kier alpha value is -3.20. The fourth-order valence-corrected chi connectivity index (χ4v) is 3.03. The molecule has 3 aromatic rings. The third kappa shape index (κ3) is 4.74. The Morgan fingerprint density at radius 2 is 1.75 bits per heavy atom. The maximum absolute atomic E-state index is 12.1. The number of rotatable bonds is 8. The molecule has 2 aromatic carbocycles. The van der Waals surface area contributed by atoms with Crippen molar-refractivity contribution < 1.29 is 19.0 Å². The first-order chi connectivity index (χ1) is 13.6. The van der Waals surface area contributed by atoms with E-state index in [-0.39, 0.29) is 11.7 Å². The Balaban J connectivity index is 1.60. The average Bonchev–Trinajstić information content (AvgIpc) is 3.21. The Kier molecular flexibility index (Phi) is 6.38. The van der Waals surface area contributed by atoms with Crippen molar-refractivity contribution in [2.75, 3.05) is 32.4 Å². The van der Waals surface area contributed by atoms with Gasteiger partial charge in [0.25, 0.3) is 0 Å². The molecule has 8 nitrogen and oxygen atoms in total. The molecule has 0 bridgehead atoms. The normalized spacial score (nSPS) is 10.4. The summed E-state index contributed by atoms with van der Waals surface area (Å²) in [6.45, 7) is 0. The molecule has 1 amide bonds. The van der Waals surface area contributed by atoms with Crippen LogP contribution < -0.4 is 19.5 Å². The maximum Gasteiger partial charge on any atom is 0.234 e. The quantitative estimate of drug-likeness (QED) is 0.560. The summed E-state index contributed by atoms with van der Waals surface area (Å²) in [5.74, 6) is 2.62. The molecule has 0 radical (unpaired) electrons. The monoisotopic (exact) mass is 400 g/mol. The topological polar surface area (TPSA) is 98.4 Å². The molecule has 28 heavy (non-hydrogen) atoms. The third-order valence-electron chi connectivity index (χ3n) is 3.83. The van der Waals surface area contributed by atoms with Crippen molar-refractivity contribution in [3.63, 3.8) is 0 Å². The van der Waals surface area contributed by atoms with Crippen molar-refractivity contribution >= 4 is 23.4 Å². The van der Waals surface area contributed by atoms with Gasteiger partial charge < -0.3 is 19.5 Å². The van der Waals surface area contributed by atoms with Gasteiger partial charge in [0.05, 0.1) is 32.6 Å². The molecule has 0 unspecified atom stereocenters. The lowest BCUT2D eigenvalue weighted by Gasteiger charge is -2.07. The maximum atomic E-state index is 12.1. The average molecular weight is 400 g/mol. The number of H-pyrrole nitrogens is 1. The van der Waals surface area contributed by atoms with Gasteiger partial charge in [-0.2, -0.15) is 0 Å². The number of carbonyl (C=O) groups is 1. The number of hydrogen-bond donors (Lipinski definition) is 2. The number of nitrogens with one attached hydrogen (secondary N) is 2. The number of aromatic amines is 1. The van der Waals surface area contributed by atoms with E-state index in [4.69, 9.17) is 14.2 Å². The molecule has 1 heterocycles. The van der Waals surface area contributed by atoms with Gasteiger partial charge >= 0.3 is 0 Å². The number of methoxy groups -OCH3 is 3. The van der Waals surface area contributed by atoms with Crippen molar-refractivity contribution in [3.05, 3.63) is 42.5 Å². The minimum absolute atomic E-state index is 0.149. The van der Waals surface area contributed by atoms with E-state index in [1.807, 2.05) is 12.1 Å². The van der Waals surface area contributed by atoms with E-state index in [1.165, 1.54) is 11.8 Å². The fourth-order valence-electron chi connectivity index (χ4n) is 2.43. The highest BCUT2D eigenvalue weighted by molar-refractivity contribution is 7.99. The first kappa shape index (κ1) is 19.6. The molecule has 2 N–H and O–H groups in total. The zero-order chi connectivity index (χ0) is 19.9. The standard InChI is InChI=1S/C19H20N4O4S/c1-25-13-6-4-12(5-7-13)20-17(24)11-28-19-21-18(22-23-19)15-9-8-14(26-2)10-16(15)27-3/h4-10H,11H2,1-3H3,(H,20,24)(H,21,22,23). The smallest absolute Gasteiger partial charge is 0.234 e. The van der Waals surface area contributed by atoms with Crippen LogP contribution in [0.5, 0.6) is 17.2 Å². The molecular formula is C19H20N4O4S. The molecule has 1 aromatic heterocycles. The number of amides is 1. The van der Waals surface area contributed by atoms with E-state index in [0.717, 1.165) is 11.3 Å². The largest absolute Gasteiger partial charge is 0.497 e. The Morgan fingerprint density at radius 3 is 2.43 bits per heavy atom. The summed E-state index contributed by atoms with van der Waals surface area (Å²) in [6.07, 6.45) is 0. The number of nitrogens with zero attached hydrogens (tertiary/aromatic N) is 2. The Morgan fingerprint density at radius 1 is 1.04 bits per heavy atom. The minimum atomic E-state index is -0.149. The number of hydrogen-bond acceptors (Lipinski definition) is 7. The van der Waals surface area contributed by atoms with E-state index in [1.54, 1.807) is 51.7 Å². The Bertz CT molecular complexity index is 943. The summed E-state index contributed by atoms with van der Waals surface area (Å²) in [6, 6.07) is 12.6. The lowest BCUT2D eigenvalue weighted by Crippen LogP contribution is -2.14. The van der Waals surface area contributed by atoms with Crippen LogP contribution in [0.2, 0.25) is 0 Å². The number of carbonyl (C=O) groups excluding carboxylic acids is 1. The van der Waals surface area contributed by atoms with Crippen LogP contribution in [-0.2, 0) is 4.79 Å². The molecule has 0 saturated heterocycles. The number of aromatic nitrogens is 3. The highest BCUT2D eigenvalue weighted by Gasteiger charge is 2.13. The molecular weight excluding hydrogens is 380 g/mol. The molecule has 0 aliphatic rings. The highest BCUT2D eigenvalue weighted by atomic mass is 32.2. The lowest BCUT2D eigenvalue weighted by molar-refractivity contribution is -0.113. The zero-order valence-corrected chi connectivity index (χ0v) is 16.5. The summed E-state index contributed by atoms with van der Waals surface area (Å²) < 4.78 is 15.7. The van der Waals surface area contributed by atoms with Gasteiger partial charge in [0.15, 0.2) is 5.82 Å². The number of anilines is 1. The second-order valence-electron chi connectivity index (χ2n) is 5.60. The molecule has 0 spiro atoms. The molecule has 0 aliphatic carbocycles. The van der Waals surface area contributed by atoms with Gasteiger partial charge in [0.1, 0.15) is 17.2 Å². The van der Waals surface area contributed by atoms with E-state index in [2.05, 4.69) is 20.5 Å². The first-order valence-electron chi connectivity index (χ1n) is 8.34. The van der Waals surface area contributed by atoms with Crippen LogP contribution in [0, 0.1) is 0 Å². The van der Waals surface area contributed by atoms with Gasteiger partial charge in [-0.3, -0.25) is 9.89 Å². The molecule has 0 aliphatic heterocycles. The molecule has 9 heteroatoms. The molecule has 146 valence electrons. The van der Waals surface area contributed by atoms with Crippen molar-refractivity contribution in [1.29, 1.82) is 0 Å². The summed E-state index contributed by atoms with van der Waals surface area (Å²) >= 11 is 1.24. The fraction of sp³-hybridized carbons (Fsp3) is 0.211. The lowest BCUT2D eigenvalue weighted by atomic mass is 10.2. The van der Waals surface area contributed by atoms with Crippen molar-refractivity contribution in [2.24, 2.45) is 0 Å². The van der Waals surface area contributed by atoms with Crippen LogP contribution in [0.3, 0.4) is 0 Å². The van der Waals surface area contributed by atoms with Gasteiger partial charge in [0.2, 0.25) is 11.1 Å². The first-order valence-corrected chi connectivity index (χ1v) is 9.33. The summed E-state index contributed by atoms with van der Waals surface area (Å²) in [5, 5.41) is 10.3. The SMILES string of the molecule is COc1ccc(NC(=O)CSc2n[nH]c(-c3ccc(OC)cc3OC)n2)cc1. The van der Waals surface area contributed by atoms with Crippen molar-refractivity contribution in [3.8, 4) is 28.6 Å². The predicted octanol–water partition coefficient (Wildman–Crippen LogP) is 3.23. The van der Waals surface area contributed by atoms with Crippen LogP contribution in [0.15, 0.2) is 47.6 Å². The Labute approximate surface area is 166 Å². The van der Waals surface area contributed by atoms with E-state index >= 15 is 0 Å². The second-order valence-corrected chi connectivity index (χ2v) is 6.54. The van der Waals surface area contributed by atoms with Gasteiger partial charge in [-0.05, 0) is 36.4 Å². The highest BCUT2D eigenvalue weighted by Crippen LogP contribution is 2.32. The molecule has 3 rings (SSSR count). The number of ether oxygens (including phenoxy) is 3. The number of benzene rings is 2. The van der Waals surface area contributed by atoms with Crippen molar-refractivity contribution in [2.45, 2.75) is 5.16 Å². The van der Waals surface area contributed by atoms with Gasteiger partial charge in [-0.25, -0.2) is 4.98 Å². The van der Waals surface area contributed by atoms with E-state index < -0.39 is 0 Å². The predicted molar refractivity (Wildman–Crippen MR) is 107 cm³/mol. The van der Waals surface area contributed by atoms with Crippen LogP contribution in [0.4, 0.5) is 5.69 Å². The number of thioether (sulfide) groups is 1. The van der Waals surface area contributed by atoms with Crippen LogP contribution in [-0.4, -0.2) is 48.2 Å². The minimum Gasteiger partial charge on any atom is -0.497 e.